The van der Waals surface area contributed by atoms with E-state index in [4.69, 9.17) is 4.74 Å². The van der Waals surface area contributed by atoms with Crippen molar-refractivity contribution in [2.45, 2.75) is 51.4 Å². The summed E-state index contributed by atoms with van der Waals surface area (Å²) in [6.07, 6.45) is 4.10. The Morgan fingerprint density at radius 3 is 2.76 bits per heavy atom. The Balaban J connectivity index is 0.00000306. The van der Waals surface area contributed by atoms with Crippen LogP contribution in [0.5, 0.6) is 0 Å². The normalized spacial score (nSPS) is 19.6. The maximum Gasteiger partial charge on any atom is 0.191 e. The van der Waals surface area contributed by atoms with Gasteiger partial charge >= 0.3 is 0 Å². The van der Waals surface area contributed by atoms with E-state index < -0.39 is 0 Å². The average molecular weight is 571 g/mol. The molecule has 1 unspecified atom stereocenters. The number of nitrogens with zero attached hydrogens (tertiary/aromatic N) is 5. The Hall–Kier alpha value is -1.79. The van der Waals surface area contributed by atoms with E-state index in [1.54, 1.807) is 19.2 Å². The fourth-order valence-corrected chi connectivity index (χ4v) is 4.51. The smallest absolute Gasteiger partial charge is 0.191 e. The minimum absolute atomic E-state index is 0. The molecule has 10 heteroatoms. The summed E-state index contributed by atoms with van der Waals surface area (Å²) in [5.41, 5.74) is 0.783. The summed E-state index contributed by atoms with van der Waals surface area (Å²) in [6.45, 7) is 4.80. The second kappa shape index (κ2) is 12.6. The zero-order valence-corrected chi connectivity index (χ0v) is 21.8. The first-order chi connectivity index (χ1) is 15.6. The van der Waals surface area contributed by atoms with Gasteiger partial charge in [0.05, 0.1) is 6.54 Å². The molecule has 33 heavy (non-hydrogen) atoms. The molecule has 1 saturated heterocycles. The molecule has 2 N–H and O–H groups in total. The van der Waals surface area contributed by atoms with Gasteiger partial charge in [-0.25, -0.2) is 14.1 Å². The van der Waals surface area contributed by atoms with Crippen LogP contribution >= 0.6 is 24.0 Å². The molecule has 0 aliphatic carbocycles. The molecule has 2 aliphatic heterocycles. The van der Waals surface area contributed by atoms with Gasteiger partial charge in [-0.05, 0) is 44.3 Å². The molecule has 1 aromatic carbocycles. The molecule has 0 spiro atoms. The number of hydrogen-bond acceptors (Lipinski definition) is 5. The third kappa shape index (κ3) is 7.10. The van der Waals surface area contributed by atoms with Crippen LogP contribution in [0.3, 0.4) is 0 Å². The standard InChI is InChI=1S/C23H34FN7O.HI/c1-25-23(27-19-7-8-22-28-21(16-32-2)29-31(22)15-19)26-13-17-9-11-30(12-10-17)14-18-5-3-4-6-20(18)24;/h3-6,17,19H,7-16H2,1-2H3,(H2,25,26,27);1H. The van der Waals surface area contributed by atoms with Gasteiger partial charge in [0, 0.05) is 45.3 Å². The summed E-state index contributed by atoms with van der Waals surface area (Å²) in [5, 5.41) is 11.6. The third-order valence-corrected chi connectivity index (χ3v) is 6.36. The molecule has 1 fully saturated rings. The topological polar surface area (TPSA) is 79.6 Å². The van der Waals surface area contributed by atoms with Crippen LogP contribution in [-0.2, 0) is 30.9 Å². The van der Waals surface area contributed by atoms with Crippen LogP contribution in [0.25, 0.3) is 0 Å². The highest BCUT2D eigenvalue weighted by molar-refractivity contribution is 14.0. The van der Waals surface area contributed by atoms with Crippen LogP contribution < -0.4 is 10.6 Å². The molecular formula is C23H35FIN7O. The van der Waals surface area contributed by atoms with E-state index in [1.165, 1.54) is 0 Å². The van der Waals surface area contributed by atoms with Crippen molar-refractivity contribution < 1.29 is 9.13 Å². The van der Waals surface area contributed by atoms with Crippen LogP contribution in [0.4, 0.5) is 4.39 Å². The number of aromatic nitrogens is 3. The second-order valence-corrected chi connectivity index (χ2v) is 8.70. The molecule has 1 atom stereocenters. The molecule has 0 bridgehead atoms. The molecule has 182 valence electrons. The maximum absolute atomic E-state index is 13.9. The van der Waals surface area contributed by atoms with Crippen molar-refractivity contribution in [3.05, 3.63) is 47.3 Å². The number of guanidine groups is 1. The summed E-state index contributed by atoms with van der Waals surface area (Å²) in [5.74, 6) is 3.09. The van der Waals surface area contributed by atoms with Gasteiger partial charge in [-0.3, -0.25) is 9.89 Å². The first kappa shape index (κ1) is 25.8. The van der Waals surface area contributed by atoms with Crippen LogP contribution in [0, 0.1) is 11.7 Å². The zero-order valence-electron chi connectivity index (χ0n) is 19.5. The Bertz CT molecular complexity index is 914. The van der Waals surface area contributed by atoms with Crippen LogP contribution in [0.1, 0.15) is 36.5 Å². The van der Waals surface area contributed by atoms with E-state index in [0.717, 1.165) is 75.0 Å². The molecule has 2 aromatic rings. The fraction of sp³-hybridized carbons (Fsp3) is 0.609. The highest BCUT2D eigenvalue weighted by atomic mass is 127. The minimum atomic E-state index is -0.109. The number of nitrogens with one attached hydrogen (secondary N) is 2. The maximum atomic E-state index is 13.9. The Morgan fingerprint density at radius 1 is 1.24 bits per heavy atom. The van der Waals surface area contributed by atoms with Crippen molar-refractivity contribution >= 4 is 29.9 Å². The quantitative estimate of drug-likeness (QED) is 0.302. The van der Waals surface area contributed by atoms with Gasteiger partial charge in [0.1, 0.15) is 18.2 Å². The minimum Gasteiger partial charge on any atom is -0.377 e. The highest BCUT2D eigenvalue weighted by Gasteiger charge is 2.24. The first-order valence-electron chi connectivity index (χ1n) is 11.5. The Morgan fingerprint density at radius 2 is 2.03 bits per heavy atom. The van der Waals surface area contributed by atoms with Crippen molar-refractivity contribution in [3.63, 3.8) is 0 Å². The Labute approximate surface area is 212 Å². The summed E-state index contributed by atoms with van der Waals surface area (Å²) in [6, 6.07) is 7.34. The van der Waals surface area contributed by atoms with E-state index in [0.29, 0.717) is 19.1 Å². The first-order valence-corrected chi connectivity index (χ1v) is 11.5. The number of fused-ring (bicyclic) bond motifs is 1. The van der Waals surface area contributed by atoms with E-state index >= 15 is 0 Å². The number of benzene rings is 1. The lowest BCUT2D eigenvalue weighted by atomic mass is 9.96. The van der Waals surface area contributed by atoms with Crippen molar-refractivity contribution in [1.29, 1.82) is 0 Å². The van der Waals surface area contributed by atoms with Gasteiger partial charge < -0.3 is 15.4 Å². The van der Waals surface area contributed by atoms with E-state index in [1.807, 2.05) is 23.9 Å². The molecule has 0 amide bonds. The van der Waals surface area contributed by atoms with Crippen LogP contribution in [0.2, 0.25) is 0 Å². The number of aryl methyl sites for hydroxylation is 1. The number of methoxy groups -OCH3 is 1. The van der Waals surface area contributed by atoms with Crippen molar-refractivity contribution in [2.24, 2.45) is 10.9 Å². The number of ether oxygens (including phenoxy) is 1. The van der Waals surface area contributed by atoms with E-state index in [-0.39, 0.29) is 35.8 Å². The third-order valence-electron chi connectivity index (χ3n) is 6.36. The molecule has 0 radical (unpaired) electrons. The van der Waals surface area contributed by atoms with Gasteiger partial charge in [-0.1, -0.05) is 18.2 Å². The summed E-state index contributed by atoms with van der Waals surface area (Å²) >= 11 is 0. The molecule has 2 aliphatic rings. The largest absolute Gasteiger partial charge is 0.377 e. The van der Waals surface area contributed by atoms with Crippen molar-refractivity contribution in [3.8, 4) is 0 Å². The number of rotatable bonds is 7. The monoisotopic (exact) mass is 571 g/mol. The van der Waals surface area contributed by atoms with Gasteiger partial charge in [-0.2, -0.15) is 5.10 Å². The average Bonchev–Trinajstić information content (AvgIpc) is 3.21. The van der Waals surface area contributed by atoms with E-state index in [2.05, 4.69) is 30.6 Å². The van der Waals surface area contributed by atoms with Gasteiger partial charge in [0.2, 0.25) is 0 Å². The summed E-state index contributed by atoms with van der Waals surface area (Å²) in [7, 11) is 3.47. The SMILES string of the molecule is CN=C(NCC1CCN(Cc2ccccc2F)CC1)NC1CCc2nc(COC)nn2C1.I. The molecule has 0 saturated carbocycles. The van der Waals surface area contributed by atoms with Crippen LogP contribution in [-0.4, -0.2) is 65.5 Å². The number of likely N-dealkylation sites (tertiary alicyclic amines) is 1. The van der Waals surface area contributed by atoms with Gasteiger partial charge in [-0.15, -0.1) is 24.0 Å². The summed E-state index contributed by atoms with van der Waals surface area (Å²) < 4.78 is 21.0. The number of hydrogen-bond donors (Lipinski definition) is 2. The lowest BCUT2D eigenvalue weighted by Gasteiger charge is -2.32. The van der Waals surface area contributed by atoms with Gasteiger partial charge in [0.15, 0.2) is 11.8 Å². The van der Waals surface area contributed by atoms with Crippen LogP contribution in [0.15, 0.2) is 29.3 Å². The second-order valence-electron chi connectivity index (χ2n) is 8.70. The molecular weight excluding hydrogens is 536 g/mol. The predicted molar refractivity (Wildman–Crippen MR) is 137 cm³/mol. The van der Waals surface area contributed by atoms with Crippen molar-refractivity contribution in [2.75, 3.05) is 33.8 Å². The Kier molecular flexibility index (Phi) is 9.87. The molecule has 1 aromatic heterocycles. The lowest BCUT2D eigenvalue weighted by molar-refractivity contribution is 0.176. The molecule has 3 heterocycles. The number of piperidine rings is 1. The van der Waals surface area contributed by atoms with Crippen molar-refractivity contribution in [1.82, 2.24) is 30.3 Å². The van der Waals surface area contributed by atoms with E-state index in [9.17, 15) is 4.39 Å². The predicted octanol–water partition coefficient (Wildman–Crippen LogP) is 2.57. The van der Waals surface area contributed by atoms with Gasteiger partial charge in [0.25, 0.3) is 0 Å². The zero-order chi connectivity index (χ0) is 22.3. The molecule has 4 rings (SSSR count). The molecule has 8 nitrogen and oxygen atoms in total. The lowest BCUT2D eigenvalue weighted by Crippen LogP contribution is -2.48. The number of halogens is 2. The summed E-state index contributed by atoms with van der Waals surface area (Å²) in [4.78, 5) is 11.3. The number of aliphatic imine (C=N–C) groups is 1. The highest BCUT2D eigenvalue weighted by Crippen LogP contribution is 2.19. The fourth-order valence-electron chi connectivity index (χ4n) is 4.51.